The van der Waals surface area contributed by atoms with Crippen LogP contribution in [0.4, 0.5) is 5.82 Å². The number of hydrogen-bond acceptors (Lipinski definition) is 7. The minimum atomic E-state index is -0.227. The number of hydrogen-bond donors (Lipinski definition) is 2. The largest absolute Gasteiger partial charge is 0.383 e. The first-order chi connectivity index (χ1) is 20.9. The number of likely N-dealkylation sites (N-methyl/N-ethyl adjacent to an activating group) is 1. The highest BCUT2D eigenvalue weighted by molar-refractivity contribution is 5.99. The second kappa shape index (κ2) is 13.1. The lowest BCUT2D eigenvalue weighted by Crippen LogP contribution is -2.43. The number of nitrogens with one attached hydrogen (secondary N) is 1. The zero-order valence-electron chi connectivity index (χ0n) is 25.1. The van der Waals surface area contributed by atoms with Gasteiger partial charge in [-0.25, -0.2) is 4.98 Å². The van der Waals surface area contributed by atoms with Crippen LogP contribution < -0.4 is 11.1 Å². The number of rotatable bonds is 9. The van der Waals surface area contributed by atoms with Gasteiger partial charge >= 0.3 is 0 Å². The Morgan fingerprint density at radius 3 is 2.28 bits per heavy atom. The van der Waals surface area contributed by atoms with E-state index in [-0.39, 0.29) is 23.9 Å². The van der Waals surface area contributed by atoms with Gasteiger partial charge in [0, 0.05) is 63.3 Å². The molecule has 4 aromatic rings. The third kappa shape index (κ3) is 7.13. The number of pyridine rings is 1. The minimum absolute atomic E-state index is 0.0489. The number of aryl methyl sites for hydroxylation is 1. The molecule has 1 amide bonds. The molecule has 0 spiro atoms. The maximum Gasteiger partial charge on any atom is 0.255 e. The molecule has 9 nitrogen and oxygen atoms in total. The van der Waals surface area contributed by atoms with Crippen LogP contribution in [0.3, 0.4) is 0 Å². The van der Waals surface area contributed by atoms with E-state index in [0.717, 1.165) is 68.7 Å². The van der Waals surface area contributed by atoms with Gasteiger partial charge in [0.25, 0.3) is 5.91 Å². The summed E-state index contributed by atoms with van der Waals surface area (Å²) in [7, 11) is 4.04. The number of ether oxygens (including phenoxy) is 1. The second-order valence-corrected chi connectivity index (χ2v) is 11.9. The maximum absolute atomic E-state index is 13.2. The number of carbonyl (C=O) groups is 1. The molecule has 1 aliphatic carbocycles. The van der Waals surface area contributed by atoms with Crippen molar-refractivity contribution in [2.24, 2.45) is 7.05 Å². The molecule has 224 valence electrons. The highest BCUT2D eigenvalue weighted by Crippen LogP contribution is 2.27. The van der Waals surface area contributed by atoms with Crippen LogP contribution in [0.5, 0.6) is 0 Å². The first-order valence-corrected chi connectivity index (χ1v) is 15.2. The normalized spacial score (nSPS) is 19.5. The molecule has 1 saturated carbocycles. The summed E-state index contributed by atoms with van der Waals surface area (Å²) < 4.78 is 8.04. The monoisotopic (exact) mass is 579 g/mol. The fraction of sp³-hybridized carbons (Fsp3) is 0.382. The minimum Gasteiger partial charge on any atom is -0.383 e. The molecular formula is C34H41N7O2. The number of piperazine rings is 1. The Labute approximate surface area is 253 Å². The van der Waals surface area contributed by atoms with Gasteiger partial charge in [-0.1, -0.05) is 48.5 Å². The van der Waals surface area contributed by atoms with E-state index < -0.39 is 0 Å². The molecule has 0 radical (unpaired) electrons. The van der Waals surface area contributed by atoms with Crippen LogP contribution in [0.25, 0.3) is 22.3 Å². The summed E-state index contributed by atoms with van der Waals surface area (Å²) >= 11 is 0. The summed E-state index contributed by atoms with van der Waals surface area (Å²) in [6.07, 6.45) is 8.03. The quantitative estimate of drug-likeness (QED) is 0.304. The van der Waals surface area contributed by atoms with E-state index in [0.29, 0.717) is 12.2 Å². The molecule has 2 aromatic heterocycles. The summed E-state index contributed by atoms with van der Waals surface area (Å²) in [4.78, 5) is 22.4. The van der Waals surface area contributed by atoms with E-state index >= 15 is 0 Å². The van der Waals surface area contributed by atoms with Crippen molar-refractivity contribution in [1.82, 2.24) is 29.9 Å². The van der Waals surface area contributed by atoms with Crippen LogP contribution in [-0.4, -0.2) is 75.8 Å². The number of carbonyl (C=O) groups excluding carboxylic acids is 1. The Morgan fingerprint density at radius 2 is 1.60 bits per heavy atom. The van der Waals surface area contributed by atoms with Crippen molar-refractivity contribution in [1.29, 1.82) is 0 Å². The Kier molecular flexibility index (Phi) is 8.83. The number of nitrogens with zero attached hydrogens (tertiary/aromatic N) is 5. The van der Waals surface area contributed by atoms with E-state index in [1.807, 2.05) is 13.2 Å². The van der Waals surface area contributed by atoms with E-state index in [1.54, 1.807) is 23.1 Å². The molecule has 6 rings (SSSR count). The molecule has 3 N–H and O–H groups in total. The zero-order chi connectivity index (χ0) is 29.8. The van der Waals surface area contributed by atoms with Crippen molar-refractivity contribution in [2.45, 2.75) is 44.6 Å². The first-order valence-electron chi connectivity index (χ1n) is 15.2. The number of aromatic nitrogens is 3. The Bertz CT molecular complexity index is 1530. The van der Waals surface area contributed by atoms with Gasteiger partial charge in [-0.3, -0.25) is 14.4 Å². The lowest BCUT2D eigenvalue weighted by Gasteiger charge is -2.32. The fourth-order valence-corrected chi connectivity index (χ4v) is 5.99. The molecule has 43 heavy (non-hydrogen) atoms. The van der Waals surface area contributed by atoms with Crippen molar-refractivity contribution in [3.05, 3.63) is 89.9 Å². The average molecular weight is 580 g/mol. The van der Waals surface area contributed by atoms with E-state index in [4.69, 9.17) is 10.5 Å². The molecule has 2 fully saturated rings. The fourth-order valence-electron chi connectivity index (χ4n) is 5.99. The number of nitrogen functional groups attached to an aromatic ring is 1. The van der Waals surface area contributed by atoms with Crippen molar-refractivity contribution >= 4 is 11.7 Å². The third-order valence-electron chi connectivity index (χ3n) is 8.68. The van der Waals surface area contributed by atoms with Gasteiger partial charge in [0.2, 0.25) is 0 Å². The molecule has 2 aromatic carbocycles. The Balaban J connectivity index is 1.02. The summed E-state index contributed by atoms with van der Waals surface area (Å²) in [5.41, 5.74) is 13.0. The molecule has 1 aliphatic heterocycles. The highest BCUT2D eigenvalue weighted by Gasteiger charge is 2.30. The molecule has 9 heteroatoms. The SMILES string of the molecule is CN1CCN(Cc2ccc(-c3ccc(CO[C@H]4CCC[C@@H]4NC(=O)c4cc(-c5cnn(C)c5)cnc4N)cc3)cc2)CC1. The Morgan fingerprint density at radius 1 is 0.907 bits per heavy atom. The van der Waals surface area contributed by atoms with Gasteiger partial charge in [-0.05, 0) is 54.6 Å². The maximum atomic E-state index is 13.2. The van der Waals surface area contributed by atoms with Crippen LogP contribution in [-0.2, 0) is 24.9 Å². The Hall–Kier alpha value is -4.05. The molecule has 0 unspecified atom stereocenters. The molecular weight excluding hydrogens is 538 g/mol. The van der Waals surface area contributed by atoms with Crippen molar-refractivity contribution in [2.75, 3.05) is 39.0 Å². The highest BCUT2D eigenvalue weighted by atomic mass is 16.5. The lowest BCUT2D eigenvalue weighted by molar-refractivity contribution is 0.0272. The predicted octanol–water partition coefficient (Wildman–Crippen LogP) is 4.35. The molecule has 2 atom stereocenters. The van der Waals surface area contributed by atoms with Gasteiger partial charge < -0.3 is 20.7 Å². The van der Waals surface area contributed by atoms with Gasteiger partial charge in [-0.15, -0.1) is 0 Å². The van der Waals surface area contributed by atoms with Gasteiger partial charge in [0.15, 0.2) is 0 Å². The average Bonchev–Trinajstić information content (AvgIpc) is 3.66. The van der Waals surface area contributed by atoms with Crippen LogP contribution in [0.2, 0.25) is 0 Å². The van der Waals surface area contributed by atoms with Crippen LogP contribution in [0.15, 0.2) is 73.2 Å². The number of amides is 1. The van der Waals surface area contributed by atoms with Gasteiger partial charge in [0.1, 0.15) is 5.82 Å². The van der Waals surface area contributed by atoms with E-state index in [2.05, 4.69) is 80.8 Å². The zero-order valence-corrected chi connectivity index (χ0v) is 25.1. The topological polar surface area (TPSA) is 102 Å². The molecule has 0 bridgehead atoms. The van der Waals surface area contributed by atoms with Gasteiger partial charge in [-0.2, -0.15) is 5.10 Å². The number of benzene rings is 2. The number of anilines is 1. The smallest absolute Gasteiger partial charge is 0.255 e. The van der Waals surface area contributed by atoms with Crippen LogP contribution >= 0.6 is 0 Å². The standard InChI is InChI=1S/C34H41N7O2/c1-39-14-16-41(17-15-39)21-24-6-10-26(11-7-24)27-12-8-25(9-13-27)23-43-32-5-3-4-31(32)38-34(42)30-18-28(19-36-33(30)35)29-20-37-40(2)22-29/h6-13,18-20,22,31-32H,3-5,14-17,21,23H2,1-2H3,(H2,35,36)(H,38,42)/t31-,32-/m0/s1. The van der Waals surface area contributed by atoms with Gasteiger partial charge in [0.05, 0.1) is 30.5 Å². The van der Waals surface area contributed by atoms with Crippen LogP contribution in [0.1, 0.15) is 40.7 Å². The second-order valence-electron chi connectivity index (χ2n) is 11.9. The van der Waals surface area contributed by atoms with E-state index in [9.17, 15) is 4.79 Å². The summed E-state index contributed by atoms with van der Waals surface area (Å²) in [6, 6.07) is 19.2. The predicted molar refractivity (Wildman–Crippen MR) is 169 cm³/mol. The molecule has 2 aliphatic rings. The van der Waals surface area contributed by atoms with Crippen LogP contribution in [0, 0.1) is 0 Å². The first kappa shape index (κ1) is 29.0. The van der Waals surface area contributed by atoms with Crippen molar-refractivity contribution < 1.29 is 9.53 Å². The molecule has 1 saturated heterocycles. The summed E-state index contributed by atoms with van der Waals surface area (Å²) in [6.45, 7) is 6.04. The molecule has 3 heterocycles. The lowest BCUT2D eigenvalue weighted by atomic mass is 10.0. The van der Waals surface area contributed by atoms with Crippen molar-refractivity contribution in [3.8, 4) is 22.3 Å². The summed E-state index contributed by atoms with van der Waals surface area (Å²) in [5.74, 6) is -0.0134. The number of nitrogens with two attached hydrogens (primary N) is 1. The third-order valence-corrected chi connectivity index (χ3v) is 8.68. The summed E-state index contributed by atoms with van der Waals surface area (Å²) in [5, 5.41) is 7.37. The van der Waals surface area contributed by atoms with E-state index in [1.165, 1.54) is 16.7 Å². The van der Waals surface area contributed by atoms with Crippen molar-refractivity contribution in [3.63, 3.8) is 0 Å².